The van der Waals surface area contributed by atoms with E-state index in [2.05, 4.69) is 10.5 Å². The Morgan fingerprint density at radius 2 is 2.00 bits per heavy atom. The Labute approximate surface area is 120 Å². The van der Waals surface area contributed by atoms with Crippen LogP contribution in [0, 0.1) is 0 Å². The summed E-state index contributed by atoms with van der Waals surface area (Å²) in [7, 11) is 0. The minimum absolute atomic E-state index is 0.0884. The van der Waals surface area contributed by atoms with Gasteiger partial charge in [-0.15, -0.1) is 0 Å². The van der Waals surface area contributed by atoms with Gasteiger partial charge in [0.15, 0.2) is 5.76 Å². The molecular weight excluding hydrogens is 272 g/mol. The fraction of sp³-hybridized carbons (Fsp3) is 0.0667. The lowest BCUT2D eigenvalue weighted by Crippen LogP contribution is -2.14. The van der Waals surface area contributed by atoms with Gasteiger partial charge in [0.2, 0.25) is 11.7 Å². The van der Waals surface area contributed by atoms with E-state index in [9.17, 15) is 9.90 Å². The highest BCUT2D eigenvalue weighted by Gasteiger charge is 2.12. The van der Waals surface area contributed by atoms with E-state index in [0.29, 0.717) is 22.9 Å². The third-order valence-electron chi connectivity index (χ3n) is 2.82. The van der Waals surface area contributed by atoms with Crippen LogP contribution in [-0.4, -0.2) is 16.2 Å². The van der Waals surface area contributed by atoms with Gasteiger partial charge in [-0.25, -0.2) is 0 Å². The highest BCUT2D eigenvalue weighted by molar-refractivity contribution is 5.92. The Bertz CT molecular complexity index is 729. The fourth-order valence-corrected chi connectivity index (χ4v) is 1.84. The lowest BCUT2D eigenvalue weighted by Gasteiger charge is -2.03. The van der Waals surface area contributed by atoms with Crippen molar-refractivity contribution >= 4 is 11.6 Å². The van der Waals surface area contributed by atoms with Crippen molar-refractivity contribution < 1.29 is 18.8 Å². The fourth-order valence-electron chi connectivity index (χ4n) is 1.84. The highest BCUT2D eigenvalue weighted by atomic mass is 16.5. The maximum atomic E-state index is 11.9. The van der Waals surface area contributed by atoms with Gasteiger partial charge < -0.3 is 19.4 Å². The van der Waals surface area contributed by atoms with Gasteiger partial charge in [0, 0.05) is 11.8 Å². The molecule has 0 radical (unpaired) electrons. The van der Waals surface area contributed by atoms with Crippen LogP contribution in [0.25, 0.3) is 11.5 Å². The molecule has 1 aromatic carbocycles. The Kier molecular flexibility index (Phi) is 3.42. The molecule has 0 fully saturated rings. The normalized spacial score (nSPS) is 10.5. The summed E-state index contributed by atoms with van der Waals surface area (Å²) in [6, 6.07) is 11.4. The van der Waals surface area contributed by atoms with E-state index in [0.717, 1.165) is 0 Å². The molecule has 0 saturated heterocycles. The maximum Gasteiger partial charge on any atom is 0.230 e. The van der Waals surface area contributed by atoms with Crippen LogP contribution in [0.1, 0.15) is 5.69 Å². The molecule has 0 spiro atoms. The molecule has 0 saturated carbocycles. The van der Waals surface area contributed by atoms with Crippen LogP contribution >= 0.6 is 0 Å². The summed E-state index contributed by atoms with van der Waals surface area (Å²) in [5.41, 5.74) is 1.12. The molecule has 1 amide bonds. The topological polar surface area (TPSA) is 88.5 Å². The largest absolute Gasteiger partial charge is 0.508 e. The number of nitrogens with zero attached hydrogens (tertiary/aromatic N) is 1. The zero-order chi connectivity index (χ0) is 14.7. The first-order valence-corrected chi connectivity index (χ1v) is 6.29. The van der Waals surface area contributed by atoms with Crippen molar-refractivity contribution in [2.24, 2.45) is 0 Å². The molecule has 106 valence electrons. The SMILES string of the molecule is O=C(Cc1cc(-c2ccco2)on1)Nc1ccc(O)cc1. The van der Waals surface area contributed by atoms with Gasteiger partial charge in [-0.1, -0.05) is 5.16 Å². The number of carbonyl (C=O) groups excluding carboxylic acids is 1. The predicted molar refractivity (Wildman–Crippen MR) is 74.6 cm³/mol. The number of carbonyl (C=O) groups is 1. The van der Waals surface area contributed by atoms with E-state index in [1.165, 1.54) is 18.4 Å². The molecule has 0 atom stereocenters. The number of hydrogen-bond acceptors (Lipinski definition) is 5. The predicted octanol–water partition coefficient (Wildman–Crippen LogP) is 2.82. The Hall–Kier alpha value is -3.02. The Balaban J connectivity index is 1.64. The first kappa shape index (κ1) is 13.0. The van der Waals surface area contributed by atoms with Crippen LogP contribution in [0.15, 0.2) is 57.7 Å². The number of aromatic nitrogens is 1. The molecule has 3 aromatic rings. The minimum Gasteiger partial charge on any atom is -0.508 e. The summed E-state index contributed by atoms with van der Waals surface area (Å²) in [5, 5.41) is 15.7. The highest BCUT2D eigenvalue weighted by Crippen LogP contribution is 2.21. The van der Waals surface area contributed by atoms with Gasteiger partial charge in [0.25, 0.3) is 0 Å². The van der Waals surface area contributed by atoms with E-state index in [4.69, 9.17) is 8.94 Å². The molecule has 0 aliphatic heterocycles. The Morgan fingerprint density at radius 3 is 2.71 bits per heavy atom. The van der Waals surface area contributed by atoms with Crippen molar-refractivity contribution in [2.45, 2.75) is 6.42 Å². The number of hydrogen-bond donors (Lipinski definition) is 2. The average molecular weight is 284 g/mol. The molecule has 6 heteroatoms. The number of phenols is 1. The van der Waals surface area contributed by atoms with Crippen molar-refractivity contribution in [3.63, 3.8) is 0 Å². The van der Waals surface area contributed by atoms with Crippen molar-refractivity contribution in [3.05, 3.63) is 54.4 Å². The van der Waals surface area contributed by atoms with Gasteiger partial charge in [-0.3, -0.25) is 4.79 Å². The summed E-state index contributed by atoms with van der Waals surface area (Å²) in [4.78, 5) is 11.9. The third-order valence-corrected chi connectivity index (χ3v) is 2.82. The number of furan rings is 1. The summed E-state index contributed by atoms with van der Waals surface area (Å²) >= 11 is 0. The Morgan fingerprint density at radius 1 is 1.19 bits per heavy atom. The lowest BCUT2D eigenvalue weighted by atomic mass is 10.2. The van der Waals surface area contributed by atoms with E-state index in [1.54, 1.807) is 30.3 Å². The molecule has 2 aromatic heterocycles. The molecule has 0 aliphatic carbocycles. The standard InChI is InChI=1S/C15H12N2O4/c18-12-5-3-10(4-6-12)16-15(19)9-11-8-14(21-17-11)13-2-1-7-20-13/h1-8,18H,9H2,(H,16,19). The number of anilines is 1. The number of phenolic OH excluding ortho intramolecular Hbond substituents is 1. The number of benzene rings is 1. The minimum atomic E-state index is -0.222. The van der Waals surface area contributed by atoms with Gasteiger partial charge >= 0.3 is 0 Å². The van der Waals surface area contributed by atoms with Crippen molar-refractivity contribution in [1.82, 2.24) is 5.16 Å². The zero-order valence-electron chi connectivity index (χ0n) is 10.9. The first-order valence-electron chi connectivity index (χ1n) is 6.29. The van der Waals surface area contributed by atoms with Crippen LogP contribution in [0.5, 0.6) is 5.75 Å². The van der Waals surface area contributed by atoms with Crippen LogP contribution in [0.4, 0.5) is 5.69 Å². The third kappa shape index (κ3) is 3.11. The molecule has 0 aliphatic rings. The second kappa shape index (κ2) is 5.54. The van der Waals surface area contributed by atoms with Crippen molar-refractivity contribution in [3.8, 4) is 17.3 Å². The van der Waals surface area contributed by atoms with E-state index in [1.807, 2.05) is 0 Å². The number of aromatic hydroxyl groups is 1. The summed E-state index contributed by atoms with van der Waals surface area (Å²) < 4.78 is 10.3. The van der Waals surface area contributed by atoms with E-state index in [-0.39, 0.29) is 18.1 Å². The van der Waals surface area contributed by atoms with Gasteiger partial charge in [-0.2, -0.15) is 0 Å². The molecular formula is C15H12N2O4. The molecule has 2 heterocycles. The molecule has 3 rings (SSSR count). The molecule has 0 unspecified atom stereocenters. The smallest absolute Gasteiger partial charge is 0.230 e. The molecule has 0 bridgehead atoms. The van der Waals surface area contributed by atoms with Gasteiger partial charge in [-0.05, 0) is 36.4 Å². The van der Waals surface area contributed by atoms with E-state index < -0.39 is 0 Å². The summed E-state index contributed by atoms with van der Waals surface area (Å²) in [5.74, 6) is 0.965. The maximum absolute atomic E-state index is 11.9. The van der Waals surface area contributed by atoms with Crippen LogP contribution in [0.3, 0.4) is 0 Å². The van der Waals surface area contributed by atoms with Crippen LogP contribution < -0.4 is 5.32 Å². The molecule has 21 heavy (non-hydrogen) atoms. The molecule has 6 nitrogen and oxygen atoms in total. The van der Waals surface area contributed by atoms with E-state index >= 15 is 0 Å². The van der Waals surface area contributed by atoms with Crippen LogP contribution in [0.2, 0.25) is 0 Å². The van der Waals surface area contributed by atoms with Gasteiger partial charge in [0.1, 0.15) is 5.75 Å². The van der Waals surface area contributed by atoms with Crippen LogP contribution in [-0.2, 0) is 11.2 Å². The second-order valence-electron chi connectivity index (χ2n) is 4.43. The van der Waals surface area contributed by atoms with Crippen molar-refractivity contribution in [1.29, 1.82) is 0 Å². The number of amides is 1. The lowest BCUT2D eigenvalue weighted by molar-refractivity contribution is -0.115. The second-order valence-corrected chi connectivity index (χ2v) is 4.43. The number of nitrogens with one attached hydrogen (secondary N) is 1. The zero-order valence-corrected chi connectivity index (χ0v) is 10.9. The summed E-state index contributed by atoms with van der Waals surface area (Å²) in [6.45, 7) is 0. The molecule has 2 N–H and O–H groups in total. The number of rotatable bonds is 4. The monoisotopic (exact) mass is 284 g/mol. The quantitative estimate of drug-likeness (QED) is 0.719. The summed E-state index contributed by atoms with van der Waals surface area (Å²) in [6.07, 6.45) is 1.63. The van der Waals surface area contributed by atoms with Gasteiger partial charge in [0.05, 0.1) is 18.4 Å². The average Bonchev–Trinajstić information content (AvgIpc) is 3.12. The first-order chi connectivity index (χ1) is 10.2. The van der Waals surface area contributed by atoms with Crippen molar-refractivity contribution in [2.75, 3.05) is 5.32 Å².